The first-order chi connectivity index (χ1) is 13.8. The topological polar surface area (TPSA) is 67.9 Å². The Kier molecular flexibility index (Phi) is 5.65. The van der Waals surface area contributed by atoms with Crippen LogP contribution < -0.4 is 4.74 Å². The van der Waals surface area contributed by atoms with Crippen LogP contribution in [0.3, 0.4) is 0 Å². The lowest BCUT2D eigenvalue weighted by atomic mass is 9.86. The van der Waals surface area contributed by atoms with E-state index in [0.717, 1.165) is 11.3 Å². The Morgan fingerprint density at radius 1 is 1.10 bits per heavy atom. The second-order valence-corrected chi connectivity index (χ2v) is 7.66. The summed E-state index contributed by atoms with van der Waals surface area (Å²) in [6, 6.07) is 19.3. The molecule has 0 N–H and O–H groups in total. The van der Waals surface area contributed by atoms with Gasteiger partial charge in [-0.25, -0.2) is 4.68 Å². The maximum atomic E-state index is 12.7. The average molecular weight is 385 g/mol. The molecule has 0 aliphatic rings. The number of benzene rings is 2. The average Bonchev–Trinajstić information content (AvgIpc) is 3.15. The van der Waals surface area contributed by atoms with Gasteiger partial charge < -0.3 is 4.74 Å². The maximum absolute atomic E-state index is 12.7. The van der Waals surface area contributed by atoms with Crippen molar-refractivity contribution in [1.82, 2.24) is 9.78 Å². The number of hydrogen-bond acceptors (Lipinski definition) is 4. The van der Waals surface area contributed by atoms with Gasteiger partial charge in [0.2, 0.25) is 0 Å². The number of aromatic nitrogens is 2. The van der Waals surface area contributed by atoms with Crippen LogP contribution in [-0.4, -0.2) is 22.7 Å². The Hall–Kier alpha value is -3.65. The van der Waals surface area contributed by atoms with Crippen LogP contribution in [0.1, 0.15) is 26.3 Å². The van der Waals surface area contributed by atoms with Gasteiger partial charge >= 0.3 is 0 Å². The summed E-state index contributed by atoms with van der Waals surface area (Å²) in [6.45, 7) is 5.40. The summed E-state index contributed by atoms with van der Waals surface area (Å²) in [5, 5.41) is 14.4. The van der Waals surface area contributed by atoms with Gasteiger partial charge in [-0.2, -0.15) is 10.4 Å². The van der Waals surface area contributed by atoms with E-state index in [1.165, 1.54) is 0 Å². The minimum absolute atomic E-state index is 0.0984. The highest BCUT2D eigenvalue weighted by atomic mass is 16.5. The second kappa shape index (κ2) is 8.15. The molecule has 146 valence electrons. The first kappa shape index (κ1) is 20.1. The van der Waals surface area contributed by atoms with Gasteiger partial charge in [0.05, 0.1) is 18.4 Å². The third kappa shape index (κ3) is 4.27. The van der Waals surface area contributed by atoms with Crippen LogP contribution in [0, 0.1) is 16.7 Å². The molecule has 0 radical (unpaired) electrons. The van der Waals surface area contributed by atoms with Crippen molar-refractivity contribution in [2.45, 2.75) is 20.8 Å². The molecular formula is C24H23N3O2. The lowest BCUT2D eigenvalue weighted by Gasteiger charge is -2.15. The number of Topliss-reactive ketones (excluding diaryl/α,β-unsaturated/α-hetero) is 1. The number of nitrogens with zero attached hydrogens (tertiary/aromatic N) is 3. The summed E-state index contributed by atoms with van der Waals surface area (Å²) in [5.41, 5.74) is 2.43. The lowest BCUT2D eigenvalue weighted by Crippen LogP contribution is -2.21. The van der Waals surface area contributed by atoms with E-state index in [9.17, 15) is 10.1 Å². The molecule has 1 aromatic heterocycles. The predicted octanol–water partition coefficient (Wildman–Crippen LogP) is 5.07. The van der Waals surface area contributed by atoms with Crippen molar-refractivity contribution >= 4 is 11.9 Å². The molecule has 0 aliphatic carbocycles. The molecule has 0 aliphatic heterocycles. The van der Waals surface area contributed by atoms with Crippen LogP contribution >= 0.6 is 0 Å². The first-order valence-corrected chi connectivity index (χ1v) is 9.30. The molecular weight excluding hydrogens is 362 g/mol. The number of carbonyl (C=O) groups excluding carboxylic acids is 1. The maximum Gasteiger partial charge on any atom is 0.178 e. The molecule has 1 heterocycles. The summed E-state index contributed by atoms with van der Waals surface area (Å²) in [6.07, 6.45) is 3.44. The zero-order valence-electron chi connectivity index (χ0n) is 17.0. The summed E-state index contributed by atoms with van der Waals surface area (Å²) in [4.78, 5) is 12.7. The molecule has 29 heavy (non-hydrogen) atoms. The Labute approximate surface area is 170 Å². The number of rotatable bonds is 5. The number of ketones is 1. The van der Waals surface area contributed by atoms with Gasteiger partial charge in [0, 0.05) is 22.7 Å². The fourth-order valence-electron chi connectivity index (χ4n) is 2.96. The van der Waals surface area contributed by atoms with Gasteiger partial charge in [-0.15, -0.1) is 0 Å². The largest absolute Gasteiger partial charge is 0.496 e. The van der Waals surface area contributed by atoms with Gasteiger partial charge in [-0.1, -0.05) is 51.1 Å². The highest BCUT2D eigenvalue weighted by Gasteiger charge is 2.26. The van der Waals surface area contributed by atoms with Crippen LogP contribution in [-0.2, 0) is 4.79 Å². The third-order valence-electron chi connectivity index (χ3n) is 4.47. The lowest BCUT2D eigenvalue weighted by molar-refractivity contribution is -0.121. The smallest absolute Gasteiger partial charge is 0.178 e. The van der Waals surface area contributed by atoms with Crippen LogP contribution in [0.4, 0.5) is 0 Å². The zero-order chi connectivity index (χ0) is 21.0. The number of hydrogen-bond donors (Lipinski definition) is 0. The predicted molar refractivity (Wildman–Crippen MR) is 114 cm³/mol. The summed E-state index contributed by atoms with van der Waals surface area (Å²) < 4.78 is 7.24. The minimum Gasteiger partial charge on any atom is -0.496 e. The molecule has 0 amide bonds. The van der Waals surface area contributed by atoms with Crippen LogP contribution in [0.5, 0.6) is 5.75 Å². The van der Waals surface area contributed by atoms with Gasteiger partial charge in [-0.05, 0) is 30.3 Å². The number of methoxy groups -OCH3 is 1. The summed E-state index contributed by atoms with van der Waals surface area (Å²) in [7, 11) is 1.60. The van der Waals surface area contributed by atoms with E-state index in [1.54, 1.807) is 38.6 Å². The molecule has 0 unspecified atom stereocenters. The Balaban J connectivity index is 2.22. The number of ether oxygens (including phenoxy) is 1. The van der Waals surface area contributed by atoms with Crippen molar-refractivity contribution < 1.29 is 9.53 Å². The van der Waals surface area contributed by atoms with E-state index in [2.05, 4.69) is 6.07 Å². The van der Waals surface area contributed by atoms with E-state index in [1.807, 2.05) is 60.8 Å². The Morgan fingerprint density at radius 2 is 1.76 bits per heavy atom. The summed E-state index contributed by atoms with van der Waals surface area (Å²) in [5.74, 6) is 0.458. The van der Waals surface area contributed by atoms with Crippen molar-refractivity contribution in [3.05, 3.63) is 71.9 Å². The molecule has 0 fully saturated rings. The Bertz CT molecular complexity index is 1100. The molecule has 2 aromatic carbocycles. The van der Waals surface area contributed by atoms with Crippen molar-refractivity contribution in [2.75, 3.05) is 7.11 Å². The number of nitriles is 1. The normalized spacial score (nSPS) is 11.8. The van der Waals surface area contributed by atoms with Gasteiger partial charge in [0.25, 0.3) is 0 Å². The van der Waals surface area contributed by atoms with E-state index >= 15 is 0 Å². The minimum atomic E-state index is -0.651. The van der Waals surface area contributed by atoms with Gasteiger partial charge in [0.15, 0.2) is 5.78 Å². The van der Waals surface area contributed by atoms with Gasteiger partial charge in [-0.3, -0.25) is 4.79 Å². The molecule has 3 rings (SSSR count). The first-order valence-electron chi connectivity index (χ1n) is 9.30. The number of para-hydroxylation sites is 2. The summed E-state index contributed by atoms with van der Waals surface area (Å²) >= 11 is 0. The van der Waals surface area contributed by atoms with E-state index in [4.69, 9.17) is 9.84 Å². The molecule has 5 heteroatoms. The van der Waals surface area contributed by atoms with Crippen molar-refractivity contribution in [3.8, 4) is 28.8 Å². The van der Waals surface area contributed by atoms with E-state index in [0.29, 0.717) is 17.0 Å². The van der Waals surface area contributed by atoms with Crippen molar-refractivity contribution in [2.24, 2.45) is 5.41 Å². The molecule has 0 spiro atoms. The Morgan fingerprint density at radius 3 is 2.38 bits per heavy atom. The quantitative estimate of drug-likeness (QED) is 0.454. The van der Waals surface area contributed by atoms with Crippen molar-refractivity contribution in [3.63, 3.8) is 0 Å². The standard InChI is InChI=1S/C24H23N3O2/c1-24(2,3)23(28)17(15-25)14-18-16-27(19-10-6-5-7-11-19)26-22(18)20-12-8-9-13-21(20)29-4/h5-14,16H,1-4H3/b17-14+. The third-order valence-corrected chi connectivity index (χ3v) is 4.47. The van der Waals surface area contributed by atoms with E-state index in [-0.39, 0.29) is 11.4 Å². The van der Waals surface area contributed by atoms with Crippen LogP contribution in [0.2, 0.25) is 0 Å². The highest BCUT2D eigenvalue weighted by Crippen LogP contribution is 2.33. The number of carbonyl (C=O) groups is 1. The fraction of sp³-hybridized carbons (Fsp3) is 0.208. The molecule has 0 atom stereocenters. The monoisotopic (exact) mass is 385 g/mol. The van der Waals surface area contributed by atoms with Crippen LogP contribution in [0.15, 0.2) is 66.4 Å². The zero-order valence-corrected chi connectivity index (χ0v) is 17.0. The molecule has 5 nitrogen and oxygen atoms in total. The molecule has 0 saturated carbocycles. The molecule has 0 bridgehead atoms. The SMILES string of the molecule is COc1ccccc1-c1nn(-c2ccccc2)cc1/C=C(\C#N)C(=O)C(C)(C)C. The van der Waals surface area contributed by atoms with E-state index < -0.39 is 5.41 Å². The van der Waals surface area contributed by atoms with Crippen molar-refractivity contribution in [1.29, 1.82) is 5.26 Å². The highest BCUT2D eigenvalue weighted by molar-refractivity contribution is 6.06. The number of allylic oxidation sites excluding steroid dienone is 1. The molecule has 0 saturated heterocycles. The van der Waals surface area contributed by atoms with Crippen LogP contribution in [0.25, 0.3) is 23.0 Å². The molecule has 3 aromatic rings. The fourth-order valence-corrected chi connectivity index (χ4v) is 2.96. The second-order valence-electron chi connectivity index (χ2n) is 7.66. The van der Waals surface area contributed by atoms with Gasteiger partial charge in [0.1, 0.15) is 17.5 Å².